The first-order chi connectivity index (χ1) is 11.3. The fraction of sp³-hybridized carbons (Fsp3) is 0.667. The number of carbonyl (C=O) groups excluding carboxylic acids is 1. The molecule has 0 atom stereocenters. The number of nitrogens with zero attached hydrogens (tertiary/aromatic N) is 3. The zero-order chi connectivity index (χ0) is 17.7. The highest BCUT2D eigenvalue weighted by Gasteiger charge is 2.19. The third-order valence-electron chi connectivity index (χ3n) is 4.06. The summed E-state index contributed by atoms with van der Waals surface area (Å²) in [6.45, 7) is 15.6. The molecule has 0 aromatic carbocycles. The smallest absolute Gasteiger partial charge is 0.407 e. The zero-order valence-electron chi connectivity index (χ0n) is 15.6. The average Bonchev–Trinajstić information content (AvgIpc) is 2.52. The predicted molar refractivity (Wildman–Crippen MR) is 96.4 cm³/mol. The van der Waals surface area contributed by atoms with E-state index < -0.39 is 11.7 Å². The number of nitrogens with one attached hydrogen (secondary N) is 1. The van der Waals surface area contributed by atoms with Crippen molar-refractivity contribution in [1.82, 2.24) is 15.2 Å². The molecule has 1 N–H and O–H groups in total. The van der Waals surface area contributed by atoms with E-state index in [1.54, 1.807) is 0 Å². The van der Waals surface area contributed by atoms with Crippen LogP contribution in [0.2, 0.25) is 0 Å². The molecule has 0 unspecified atom stereocenters. The van der Waals surface area contributed by atoms with E-state index in [0.717, 1.165) is 49.7 Å². The van der Waals surface area contributed by atoms with Gasteiger partial charge in [0.15, 0.2) is 0 Å². The monoisotopic (exact) mass is 334 g/mol. The lowest BCUT2D eigenvalue weighted by Gasteiger charge is -2.35. The number of alkyl carbamates (subject to hydrolysis) is 1. The van der Waals surface area contributed by atoms with Crippen LogP contribution in [0.5, 0.6) is 0 Å². The number of amides is 1. The van der Waals surface area contributed by atoms with Crippen LogP contribution in [-0.4, -0.2) is 54.3 Å². The van der Waals surface area contributed by atoms with Crippen LogP contribution in [0.15, 0.2) is 12.3 Å². The highest BCUT2D eigenvalue weighted by molar-refractivity contribution is 5.67. The molecule has 1 aromatic heterocycles. The minimum atomic E-state index is -0.483. The van der Waals surface area contributed by atoms with Crippen molar-refractivity contribution < 1.29 is 9.53 Å². The number of pyridine rings is 1. The van der Waals surface area contributed by atoms with E-state index in [-0.39, 0.29) is 0 Å². The van der Waals surface area contributed by atoms with E-state index in [1.165, 1.54) is 0 Å². The summed E-state index contributed by atoms with van der Waals surface area (Å²) in [5.41, 5.74) is 1.64. The predicted octanol–water partition coefficient (Wildman–Crippen LogP) is 2.56. The van der Waals surface area contributed by atoms with Gasteiger partial charge in [-0.15, -0.1) is 0 Å². The lowest BCUT2D eigenvalue weighted by Crippen LogP contribution is -2.46. The van der Waals surface area contributed by atoms with E-state index in [4.69, 9.17) is 4.74 Å². The maximum Gasteiger partial charge on any atom is 0.407 e. The molecule has 24 heavy (non-hydrogen) atoms. The number of hydrogen-bond acceptors (Lipinski definition) is 5. The molecule has 6 nitrogen and oxygen atoms in total. The summed E-state index contributed by atoms with van der Waals surface area (Å²) in [5.74, 6) is 1.05. The van der Waals surface area contributed by atoms with Gasteiger partial charge in [-0.3, -0.25) is 0 Å². The fourth-order valence-corrected chi connectivity index (χ4v) is 2.82. The van der Waals surface area contributed by atoms with Gasteiger partial charge in [0, 0.05) is 38.9 Å². The van der Waals surface area contributed by atoms with Gasteiger partial charge in [-0.25, -0.2) is 9.78 Å². The van der Waals surface area contributed by atoms with Crippen molar-refractivity contribution in [2.24, 2.45) is 0 Å². The van der Waals surface area contributed by atoms with Crippen molar-refractivity contribution in [1.29, 1.82) is 0 Å². The highest BCUT2D eigenvalue weighted by atomic mass is 16.6. The third-order valence-corrected chi connectivity index (χ3v) is 4.06. The number of likely N-dealkylation sites (N-methyl/N-ethyl adjacent to an activating group) is 1. The number of aryl methyl sites for hydroxylation is 1. The van der Waals surface area contributed by atoms with Crippen LogP contribution in [-0.2, 0) is 11.3 Å². The number of ether oxygens (including phenoxy) is 1. The summed E-state index contributed by atoms with van der Waals surface area (Å²) >= 11 is 0. The first-order valence-electron chi connectivity index (χ1n) is 8.68. The first kappa shape index (κ1) is 18.5. The molecule has 1 aliphatic rings. The van der Waals surface area contributed by atoms with Crippen molar-refractivity contribution in [3.63, 3.8) is 0 Å². The van der Waals surface area contributed by atoms with Crippen molar-refractivity contribution in [3.05, 3.63) is 23.4 Å². The number of anilines is 1. The summed E-state index contributed by atoms with van der Waals surface area (Å²) in [4.78, 5) is 21.1. The molecule has 0 spiro atoms. The molecule has 0 bridgehead atoms. The molecule has 1 aromatic rings. The standard InChI is InChI=1S/C18H30N4O2/c1-6-21-7-9-22(10-8-21)16-14(2)11-15(12-19-16)13-20-17(23)24-18(3,4)5/h11-12H,6-10,13H2,1-5H3,(H,20,23). The number of carbonyl (C=O) groups is 1. The second-order valence-corrected chi connectivity index (χ2v) is 7.26. The Morgan fingerprint density at radius 2 is 1.96 bits per heavy atom. The molecule has 1 amide bonds. The van der Waals surface area contributed by atoms with Crippen LogP contribution in [0, 0.1) is 6.92 Å². The van der Waals surface area contributed by atoms with Gasteiger partial charge in [0.2, 0.25) is 0 Å². The molecular weight excluding hydrogens is 304 g/mol. The van der Waals surface area contributed by atoms with E-state index in [0.29, 0.717) is 6.54 Å². The Balaban J connectivity index is 1.91. The minimum Gasteiger partial charge on any atom is -0.444 e. The second-order valence-electron chi connectivity index (χ2n) is 7.26. The summed E-state index contributed by atoms with van der Waals surface area (Å²) < 4.78 is 5.25. The topological polar surface area (TPSA) is 57.7 Å². The van der Waals surface area contributed by atoms with Gasteiger partial charge in [0.1, 0.15) is 11.4 Å². The van der Waals surface area contributed by atoms with Crippen molar-refractivity contribution in [2.45, 2.75) is 46.8 Å². The van der Waals surface area contributed by atoms with Gasteiger partial charge in [-0.05, 0) is 51.4 Å². The molecule has 0 aliphatic carbocycles. The van der Waals surface area contributed by atoms with Crippen molar-refractivity contribution in [3.8, 4) is 0 Å². The maximum absolute atomic E-state index is 11.7. The molecule has 1 aliphatic heterocycles. The minimum absolute atomic E-state index is 0.403. The van der Waals surface area contributed by atoms with E-state index in [9.17, 15) is 4.79 Å². The molecule has 0 radical (unpaired) electrons. The SMILES string of the molecule is CCN1CCN(c2ncc(CNC(=O)OC(C)(C)C)cc2C)CC1. The summed E-state index contributed by atoms with van der Waals surface area (Å²) in [7, 11) is 0. The van der Waals surface area contributed by atoms with Gasteiger partial charge in [0.25, 0.3) is 0 Å². The van der Waals surface area contributed by atoms with Crippen molar-refractivity contribution in [2.75, 3.05) is 37.6 Å². The Morgan fingerprint density at radius 3 is 2.50 bits per heavy atom. The largest absolute Gasteiger partial charge is 0.444 e. The zero-order valence-corrected chi connectivity index (χ0v) is 15.6. The lowest BCUT2D eigenvalue weighted by molar-refractivity contribution is 0.0523. The number of aromatic nitrogens is 1. The first-order valence-corrected chi connectivity index (χ1v) is 8.68. The molecule has 1 fully saturated rings. The van der Waals surface area contributed by atoms with E-state index in [2.05, 4.69) is 40.0 Å². The Kier molecular flexibility index (Phi) is 6.04. The van der Waals surface area contributed by atoms with Crippen LogP contribution in [0.3, 0.4) is 0 Å². The summed E-state index contributed by atoms with van der Waals surface area (Å²) in [6.07, 6.45) is 1.44. The Hall–Kier alpha value is -1.82. The number of hydrogen-bond donors (Lipinski definition) is 1. The Morgan fingerprint density at radius 1 is 1.29 bits per heavy atom. The summed E-state index contributed by atoms with van der Waals surface area (Å²) in [6, 6.07) is 2.09. The number of piperazine rings is 1. The fourth-order valence-electron chi connectivity index (χ4n) is 2.82. The van der Waals surface area contributed by atoms with Crippen LogP contribution >= 0.6 is 0 Å². The molecule has 134 valence electrons. The summed E-state index contributed by atoms with van der Waals surface area (Å²) in [5, 5.41) is 2.77. The second kappa shape index (κ2) is 7.83. The van der Waals surface area contributed by atoms with Crippen LogP contribution in [0.4, 0.5) is 10.6 Å². The highest BCUT2D eigenvalue weighted by Crippen LogP contribution is 2.19. The van der Waals surface area contributed by atoms with E-state index >= 15 is 0 Å². The van der Waals surface area contributed by atoms with Crippen LogP contribution in [0.25, 0.3) is 0 Å². The lowest BCUT2D eigenvalue weighted by atomic mass is 10.2. The van der Waals surface area contributed by atoms with Crippen LogP contribution < -0.4 is 10.2 Å². The molecule has 2 rings (SSSR count). The van der Waals surface area contributed by atoms with Gasteiger partial charge >= 0.3 is 6.09 Å². The Labute approximate surface area is 145 Å². The van der Waals surface area contributed by atoms with Gasteiger partial charge < -0.3 is 19.9 Å². The molecule has 6 heteroatoms. The van der Waals surface area contributed by atoms with Crippen molar-refractivity contribution >= 4 is 11.9 Å². The molecule has 0 saturated carbocycles. The maximum atomic E-state index is 11.7. The Bertz CT molecular complexity index is 561. The normalized spacial score (nSPS) is 16.1. The third kappa shape index (κ3) is 5.37. The molecule has 2 heterocycles. The van der Waals surface area contributed by atoms with Gasteiger partial charge in [-0.2, -0.15) is 0 Å². The van der Waals surface area contributed by atoms with Gasteiger partial charge in [-0.1, -0.05) is 6.92 Å². The van der Waals surface area contributed by atoms with E-state index in [1.807, 2.05) is 27.0 Å². The van der Waals surface area contributed by atoms with Gasteiger partial charge in [0.05, 0.1) is 0 Å². The quantitative estimate of drug-likeness (QED) is 0.917. The molecule has 1 saturated heterocycles. The van der Waals surface area contributed by atoms with Crippen LogP contribution in [0.1, 0.15) is 38.8 Å². The number of rotatable bonds is 4. The molecular formula is C18H30N4O2. The average molecular weight is 334 g/mol.